The molecule has 0 bridgehead atoms. The summed E-state index contributed by atoms with van der Waals surface area (Å²) in [6.07, 6.45) is 1.81. The summed E-state index contributed by atoms with van der Waals surface area (Å²) in [4.78, 5) is 9.23. The van der Waals surface area contributed by atoms with Crippen molar-refractivity contribution in [1.82, 2.24) is 9.97 Å². The lowest BCUT2D eigenvalue weighted by Crippen LogP contribution is -1.94. The van der Waals surface area contributed by atoms with Crippen LogP contribution in [-0.4, -0.2) is 9.97 Å². The Morgan fingerprint density at radius 3 is 2.30 bits per heavy atom. The van der Waals surface area contributed by atoms with Crippen LogP contribution in [0.15, 0.2) is 60.8 Å². The molecule has 20 heavy (non-hydrogen) atoms. The normalized spacial score (nSPS) is 10.5. The molecule has 0 unspecified atom stereocenters. The van der Waals surface area contributed by atoms with Gasteiger partial charge < -0.3 is 0 Å². The van der Waals surface area contributed by atoms with Crippen LogP contribution in [0.4, 0.5) is 0 Å². The molecular formula is C18H16N2. The Morgan fingerprint density at radius 1 is 0.800 bits per heavy atom. The first kappa shape index (κ1) is 12.5. The lowest BCUT2D eigenvalue weighted by molar-refractivity contribution is 1.20. The fourth-order valence-corrected chi connectivity index (χ4v) is 2.30. The highest BCUT2D eigenvalue weighted by Gasteiger charge is 2.08. The van der Waals surface area contributed by atoms with Gasteiger partial charge in [0.15, 0.2) is 0 Å². The van der Waals surface area contributed by atoms with Gasteiger partial charge in [0.1, 0.15) is 0 Å². The van der Waals surface area contributed by atoms with Gasteiger partial charge in [0.2, 0.25) is 0 Å². The molecule has 98 valence electrons. The zero-order chi connectivity index (χ0) is 13.9. The quantitative estimate of drug-likeness (QED) is 0.681. The zero-order valence-electron chi connectivity index (χ0n) is 11.7. The number of hydrogen-bond donors (Lipinski definition) is 0. The number of hydrogen-bond acceptors (Lipinski definition) is 2. The monoisotopic (exact) mass is 260 g/mol. The Morgan fingerprint density at radius 2 is 1.55 bits per heavy atom. The Kier molecular flexibility index (Phi) is 3.30. The van der Waals surface area contributed by atoms with Gasteiger partial charge >= 0.3 is 0 Å². The summed E-state index contributed by atoms with van der Waals surface area (Å²) in [5, 5.41) is 0. The van der Waals surface area contributed by atoms with Crippen molar-refractivity contribution in [3.8, 4) is 22.6 Å². The van der Waals surface area contributed by atoms with Crippen LogP contribution in [0.25, 0.3) is 22.6 Å². The van der Waals surface area contributed by atoms with E-state index in [0.717, 1.165) is 28.2 Å². The number of aromatic nitrogens is 2. The van der Waals surface area contributed by atoms with Crippen molar-refractivity contribution in [1.29, 1.82) is 0 Å². The predicted octanol–water partition coefficient (Wildman–Crippen LogP) is 4.43. The molecule has 0 atom stereocenters. The largest absolute Gasteiger partial charge is 0.254 e. The Hall–Kier alpha value is -2.48. The smallest absolute Gasteiger partial charge is 0.0915 e. The number of benzene rings is 1. The first-order chi connectivity index (χ1) is 9.74. The molecule has 0 saturated heterocycles. The van der Waals surface area contributed by atoms with Gasteiger partial charge in [-0.2, -0.15) is 0 Å². The van der Waals surface area contributed by atoms with Crippen LogP contribution in [-0.2, 0) is 0 Å². The SMILES string of the molecule is Cc1cc(-c2ccccc2)nc(-c2ncccc2C)c1. The van der Waals surface area contributed by atoms with Crippen molar-refractivity contribution in [2.45, 2.75) is 13.8 Å². The van der Waals surface area contributed by atoms with Gasteiger partial charge in [0, 0.05) is 11.8 Å². The first-order valence-corrected chi connectivity index (χ1v) is 6.70. The molecular weight excluding hydrogens is 244 g/mol. The minimum atomic E-state index is 0.932. The van der Waals surface area contributed by atoms with E-state index in [-0.39, 0.29) is 0 Å². The van der Waals surface area contributed by atoms with Gasteiger partial charge in [-0.25, -0.2) is 4.98 Å². The molecule has 2 nitrogen and oxygen atoms in total. The van der Waals surface area contributed by atoms with Crippen LogP contribution >= 0.6 is 0 Å². The lowest BCUT2D eigenvalue weighted by atomic mass is 10.1. The molecule has 2 heteroatoms. The Balaban J connectivity index is 2.15. The van der Waals surface area contributed by atoms with E-state index in [4.69, 9.17) is 4.98 Å². The molecule has 2 heterocycles. The molecule has 0 N–H and O–H groups in total. The average molecular weight is 260 g/mol. The highest BCUT2D eigenvalue weighted by Crippen LogP contribution is 2.24. The van der Waals surface area contributed by atoms with Crippen molar-refractivity contribution < 1.29 is 0 Å². The highest BCUT2D eigenvalue weighted by atomic mass is 14.8. The third-order valence-corrected chi connectivity index (χ3v) is 3.29. The van der Waals surface area contributed by atoms with E-state index < -0.39 is 0 Å². The first-order valence-electron chi connectivity index (χ1n) is 6.70. The van der Waals surface area contributed by atoms with Crippen molar-refractivity contribution >= 4 is 0 Å². The lowest BCUT2D eigenvalue weighted by Gasteiger charge is -2.08. The summed E-state index contributed by atoms with van der Waals surface area (Å²) in [6, 6.07) is 18.5. The van der Waals surface area contributed by atoms with Crippen LogP contribution in [0.3, 0.4) is 0 Å². The second kappa shape index (κ2) is 5.25. The van der Waals surface area contributed by atoms with Crippen LogP contribution in [0.5, 0.6) is 0 Å². The van der Waals surface area contributed by atoms with Gasteiger partial charge in [-0.15, -0.1) is 0 Å². The van der Waals surface area contributed by atoms with Crippen LogP contribution in [0.2, 0.25) is 0 Å². The fraction of sp³-hybridized carbons (Fsp3) is 0.111. The third-order valence-electron chi connectivity index (χ3n) is 3.29. The van der Waals surface area contributed by atoms with E-state index in [9.17, 15) is 0 Å². The number of pyridine rings is 2. The van der Waals surface area contributed by atoms with Gasteiger partial charge in [-0.05, 0) is 43.2 Å². The molecule has 2 aromatic heterocycles. The standard InChI is InChI=1S/C18H16N2/c1-13-11-16(15-8-4-3-5-9-15)20-17(12-13)18-14(2)7-6-10-19-18/h3-12H,1-2H3. The summed E-state index contributed by atoms with van der Waals surface area (Å²) in [5.41, 5.74) is 6.34. The van der Waals surface area contributed by atoms with Gasteiger partial charge in [0.25, 0.3) is 0 Å². The maximum absolute atomic E-state index is 4.77. The van der Waals surface area contributed by atoms with E-state index in [2.05, 4.69) is 49.2 Å². The summed E-state index contributed by atoms with van der Waals surface area (Å²) < 4.78 is 0. The van der Waals surface area contributed by atoms with Gasteiger partial charge in [-0.1, -0.05) is 36.4 Å². The van der Waals surface area contributed by atoms with Crippen LogP contribution in [0, 0.1) is 13.8 Å². The molecule has 0 aliphatic heterocycles. The summed E-state index contributed by atoms with van der Waals surface area (Å²) >= 11 is 0. The summed E-state index contributed by atoms with van der Waals surface area (Å²) in [5.74, 6) is 0. The molecule has 0 fully saturated rings. The Bertz CT molecular complexity index is 733. The van der Waals surface area contributed by atoms with Crippen LogP contribution < -0.4 is 0 Å². The molecule has 3 rings (SSSR count). The highest BCUT2D eigenvalue weighted by molar-refractivity contribution is 5.66. The van der Waals surface area contributed by atoms with Crippen LogP contribution in [0.1, 0.15) is 11.1 Å². The minimum Gasteiger partial charge on any atom is -0.254 e. The van der Waals surface area contributed by atoms with E-state index in [1.165, 1.54) is 5.56 Å². The second-order valence-corrected chi connectivity index (χ2v) is 4.95. The summed E-state index contributed by atoms with van der Waals surface area (Å²) in [6.45, 7) is 4.16. The molecule has 0 amide bonds. The number of aryl methyl sites for hydroxylation is 2. The number of rotatable bonds is 2. The fourth-order valence-electron chi connectivity index (χ4n) is 2.30. The van der Waals surface area contributed by atoms with Crippen molar-refractivity contribution in [3.05, 3.63) is 71.9 Å². The molecule has 3 aromatic rings. The topological polar surface area (TPSA) is 25.8 Å². The van der Waals surface area contributed by atoms with E-state index in [1.54, 1.807) is 0 Å². The molecule has 0 spiro atoms. The zero-order valence-corrected chi connectivity index (χ0v) is 11.7. The van der Waals surface area contributed by atoms with Crippen molar-refractivity contribution in [3.63, 3.8) is 0 Å². The average Bonchev–Trinajstić information content (AvgIpc) is 2.48. The minimum absolute atomic E-state index is 0.932. The molecule has 0 aliphatic rings. The molecule has 0 radical (unpaired) electrons. The second-order valence-electron chi connectivity index (χ2n) is 4.95. The predicted molar refractivity (Wildman–Crippen MR) is 82.4 cm³/mol. The maximum Gasteiger partial charge on any atom is 0.0915 e. The maximum atomic E-state index is 4.77. The molecule has 0 saturated carbocycles. The van der Waals surface area contributed by atoms with Gasteiger partial charge in [0.05, 0.1) is 17.1 Å². The van der Waals surface area contributed by atoms with E-state index in [0.29, 0.717) is 0 Å². The summed E-state index contributed by atoms with van der Waals surface area (Å²) in [7, 11) is 0. The third kappa shape index (κ3) is 2.45. The Labute approximate surface area is 119 Å². The molecule has 1 aromatic carbocycles. The number of nitrogens with zero attached hydrogens (tertiary/aromatic N) is 2. The van der Waals surface area contributed by atoms with E-state index >= 15 is 0 Å². The van der Waals surface area contributed by atoms with Gasteiger partial charge in [-0.3, -0.25) is 4.98 Å². The van der Waals surface area contributed by atoms with Crippen molar-refractivity contribution in [2.75, 3.05) is 0 Å². The van der Waals surface area contributed by atoms with Crippen molar-refractivity contribution in [2.24, 2.45) is 0 Å². The molecule has 0 aliphatic carbocycles. The van der Waals surface area contributed by atoms with E-state index in [1.807, 2.05) is 30.5 Å².